The molecule has 0 spiro atoms. The van der Waals surface area contributed by atoms with Gasteiger partial charge in [-0.3, -0.25) is 10.2 Å². The molecule has 0 saturated heterocycles. The summed E-state index contributed by atoms with van der Waals surface area (Å²) < 4.78 is 5.57. The van der Waals surface area contributed by atoms with Crippen LogP contribution in [0.25, 0.3) is 11.3 Å². The number of ether oxygens (including phenoxy) is 1. The number of H-pyrrole nitrogens is 1. The summed E-state index contributed by atoms with van der Waals surface area (Å²) in [6.45, 7) is 4.17. The van der Waals surface area contributed by atoms with Crippen molar-refractivity contribution in [3.8, 4) is 17.0 Å². The average molecular weight is 388 g/mol. The van der Waals surface area contributed by atoms with E-state index in [0.29, 0.717) is 29.7 Å². The number of hydrogen-bond donors (Lipinski definition) is 2. The molecule has 146 valence electrons. The highest BCUT2D eigenvalue weighted by Gasteiger charge is 2.32. The summed E-state index contributed by atoms with van der Waals surface area (Å²) in [5.41, 5.74) is 5.97. The zero-order valence-electron chi connectivity index (χ0n) is 16.1. The number of nitrogens with one attached hydrogen (secondary N) is 2. The van der Waals surface area contributed by atoms with Crippen molar-refractivity contribution in [2.45, 2.75) is 13.8 Å². The second-order valence-electron chi connectivity index (χ2n) is 6.28. The largest absolute Gasteiger partial charge is 0.492 e. The van der Waals surface area contributed by atoms with Crippen LogP contribution in [0, 0.1) is 0 Å². The minimum absolute atomic E-state index is 0.217. The summed E-state index contributed by atoms with van der Waals surface area (Å²) in [5.74, 6) is 0.640. The standard InChI is InChI=1S/C21H20N6O2/c1-3-29-18-12-8-7-11-16(18)24-25-19-14(2)26-27(20(19)28)21-22-13-17(23-21)15-9-5-4-6-10-15/h4-13,24H,3H2,1-2H3,(H,22,23)/b25-19+. The van der Waals surface area contributed by atoms with E-state index in [0.717, 1.165) is 11.3 Å². The number of carbonyl (C=O) groups is 1. The van der Waals surface area contributed by atoms with E-state index < -0.39 is 0 Å². The molecular formula is C21H20N6O2. The third kappa shape index (κ3) is 3.73. The first-order valence-electron chi connectivity index (χ1n) is 9.23. The van der Waals surface area contributed by atoms with Crippen LogP contribution in [0.1, 0.15) is 13.8 Å². The third-order valence-corrected chi connectivity index (χ3v) is 4.30. The Morgan fingerprint density at radius 1 is 1.14 bits per heavy atom. The fourth-order valence-corrected chi connectivity index (χ4v) is 2.90. The lowest BCUT2D eigenvalue weighted by Crippen LogP contribution is -2.28. The molecule has 4 rings (SSSR count). The highest BCUT2D eigenvalue weighted by Crippen LogP contribution is 2.25. The quantitative estimate of drug-likeness (QED) is 0.630. The number of nitrogens with zero attached hydrogens (tertiary/aromatic N) is 4. The van der Waals surface area contributed by atoms with E-state index in [1.165, 1.54) is 5.01 Å². The molecule has 2 N–H and O–H groups in total. The van der Waals surface area contributed by atoms with Crippen LogP contribution in [0.4, 0.5) is 11.6 Å². The van der Waals surface area contributed by atoms with Crippen LogP contribution in [-0.2, 0) is 4.79 Å². The Labute approximate surface area is 167 Å². The number of aromatic nitrogens is 2. The average Bonchev–Trinajstić information content (AvgIpc) is 3.33. The van der Waals surface area contributed by atoms with E-state index in [1.54, 1.807) is 13.1 Å². The molecule has 0 unspecified atom stereocenters. The lowest BCUT2D eigenvalue weighted by molar-refractivity contribution is -0.112. The normalized spacial score (nSPS) is 15.0. The van der Waals surface area contributed by atoms with Gasteiger partial charge in [0.1, 0.15) is 5.75 Å². The number of rotatable bonds is 6. The van der Waals surface area contributed by atoms with Gasteiger partial charge in [-0.15, -0.1) is 0 Å². The van der Waals surface area contributed by atoms with Crippen molar-refractivity contribution in [2.24, 2.45) is 10.2 Å². The predicted molar refractivity (Wildman–Crippen MR) is 113 cm³/mol. The van der Waals surface area contributed by atoms with Crippen LogP contribution >= 0.6 is 0 Å². The monoisotopic (exact) mass is 388 g/mol. The number of benzene rings is 2. The molecule has 0 atom stereocenters. The van der Waals surface area contributed by atoms with Gasteiger partial charge >= 0.3 is 5.91 Å². The number of hydrazone groups is 2. The van der Waals surface area contributed by atoms with Crippen molar-refractivity contribution in [2.75, 3.05) is 17.0 Å². The Hall–Kier alpha value is -3.94. The Kier molecular flexibility index (Phi) is 5.07. The number of para-hydroxylation sites is 2. The van der Waals surface area contributed by atoms with Gasteiger partial charge in [0.15, 0.2) is 5.71 Å². The second kappa shape index (κ2) is 7.97. The molecule has 8 nitrogen and oxygen atoms in total. The minimum Gasteiger partial charge on any atom is -0.492 e. The Balaban J connectivity index is 1.55. The minimum atomic E-state index is -0.363. The number of carbonyl (C=O) groups excluding carboxylic acids is 1. The molecular weight excluding hydrogens is 368 g/mol. The van der Waals surface area contributed by atoms with Gasteiger partial charge in [0, 0.05) is 11.8 Å². The number of amides is 1. The van der Waals surface area contributed by atoms with Gasteiger partial charge in [0.25, 0.3) is 0 Å². The van der Waals surface area contributed by atoms with Gasteiger partial charge < -0.3 is 9.72 Å². The molecule has 1 aliphatic rings. The maximum atomic E-state index is 12.8. The SMILES string of the molecule is CCOc1ccccc1N/N=C1/C(=O)N(c2nc(-c3ccccc3)c[nH]2)N=C1C. The summed E-state index contributed by atoms with van der Waals surface area (Å²) in [6.07, 6.45) is 1.74. The van der Waals surface area contributed by atoms with E-state index in [-0.39, 0.29) is 11.6 Å². The summed E-state index contributed by atoms with van der Waals surface area (Å²) in [6, 6.07) is 17.1. The molecule has 8 heteroatoms. The zero-order chi connectivity index (χ0) is 20.2. The summed E-state index contributed by atoms with van der Waals surface area (Å²) in [7, 11) is 0. The Morgan fingerprint density at radius 3 is 2.69 bits per heavy atom. The van der Waals surface area contributed by atoms with Crippen LogP contribution in [-0.4, -0.2) is 33.9 Å². The maximum Gasteiger partial charge on any atom is 0.303 e. The van der Waals surface area contributed by atoms with Gasteiger partial charge in [0.2, 0.25) is 5.95 Å². The highest BCUT2D eigenvalue weighted by molar-refractivity contribution is 6.71. The van der Waals surface area contributed by atoms with E-state index in [9.17, 15) is 4.79 Å². The third-order valence-electron chi connectivity index (χ3n) is 4.30. The van der Waals surface area contributed by atoms with Gasteiger partial charge in [-0.2, -0.15) is 15.2 Å². The molecule has 1 aromatic heterocycles. The fourth-order valence-electron chi connectivity index (χ4n) is 2.90. The summed E-state index contributed by atoms with van der Waals surface area (Å²) >= 11 is 0. The molecule has 1 aliphatic heterocycles. The molecule has 29 heavy (non-hydrogen) atoms. The molecule has 0 radical (unpaired) electrons. The van der Waals surface area contributed by atoms with Crippen molar-refractivity contribution in [1.82, 2.24) is 9.97 Å². The van der Waals surface area contributed by atoms with Gasteiger partial charge in [-0.1, -0.05) is 42.5 Å². The van der Waals surface area contributed by atoms with Crippen molar-refractivity contribution in [3.05, 3.63) is 60.8 Å². The molecule has 0 saturated carbocycles. The van der Waals surface area contributed by atoms with Gasteiger partial charge in [-0.05, 0) is 26.0 Å². The molecule has 2 aromatic carbocycles. The topological polar surface area (TPSA) is 95.0 Å². The Bertz CT molecular complexity index is 1090. The number of imidazole rings is 1. The van der Waals surface area contributed by atoms with E-state index in [4.69, 9.17) is 4.74 Å². The van der Waals surface area contributed by atoms with E-state index in [2.05, 4.69) is 25.6 Å². The first-order valence-corrected chi connectivity index (χ1v) is 9.23. The lowest BCUT2D eigenvalue weighted by atomic mass is 10.2. The van der Waals surface area contributed by atoms with Crippen LogP contribution in [0.2, 0.25) is 0 Å². The molecule has 0 bridgehead atoms. The molecule has 3 aromatic rings. The summed E-state index contributed by atoms with van der Waals surface area (Å²) in [4.78, 5) is 20.3. The first kappa shape index (κ1) is 18.4. The number of aromatic amines is 1. The Morgan fingerprint density at radius 2 is 1.90 bits per heavy atom. The van der Waals surface area contributed by atoms with Crippen molar-refractivity contribution >= 4 is 29.0 Å². The van der Waals surface area contributed by atoms with Crippen LogP contribution in [0.15, 0.2) is 71.0 Å². The predicted octanol–water partition coefficient (Wildman–Crippen LogP) is 3.67. The highest BCUT2D eigenvalue weighted by atomic mass is 16.5. The fraction of sp³-hybridized carbons (Fsp3) is 0.143. The van der Waals surface area contributed by atoms with Crippen LogP contribution in [0.3, 0.4) is 0 Å². The zero-order valence-corrected chi connectivity index (χ0v) is 16.1. The van der Waals surface area contributed by atoms with Crippen molar-refractivity contribution in [1.29, 1.82) is 0 Å². The van der Waals surface area contributed by atoms with Crippen LogP contribution < -0.4 is 15.2 Å². The first-order chi connectivity index (χ1) is 14.2. The molecule has 0 aliphatic carbocycles. The van der Waals surface area contributed by atoms with Gasteiger partial charge in [0.05, 0.1) is 23.7 Å². The van der Waals surface area contributed by atoms with E-state index >= 15 is 0 Å². The molecule has 2 heterocycles. The van der Waals surface area contributed by atoms with Crippen LogP contribution in [0.5, 0.6) is 5.75 Å². The molecule has 0 fully saturated rings. The van der Waals surface area contributed by atoms with Crippen molar-refractivity contribution in [3.63, 3.8) is 0 Å². The van der Waals surface area contributed by atoms with E-state index in [1.807, 2.05) is 61.5 Å². The maximum absolute atomic E-state index is 12.8. The second-order valence-corrected chi connectivity index (χ2v) is 6.28. The smallest absolute Gasteiger partial charge is 0.303 e. The number of hydrogen-bond acceptors (Lipinski definition) is 6. The lowest BCUT2D eigenvalue weighted by Gasteiger charge is -2.09. The van der Waals surface area contributed by atoms with Crippen molar-refractivity contribution < 1.29 is 9.53 Å². The van der Waals surface area contributed by atoms with Gasteiger partial charge in [-0.25, -0.2) is 4.98 Å². The summed E-state index contributed by atoms with van der Waals surface area (Å²) in [5, 5.41) is 9.78. The molecule has 1 amide bonds. The number of anilines is 2.